The Morgan fingerprint density at radius 1 is 1.47 bits per heavy atom. The van der Waals surface area contributed by atoms with E-state index < -0.39 is 12.7 Å². The van der Waals surface area contributed by atoms with Crippen LogP contribution in [0, 0.1) is 5.92 Å². The number of hydrogen-bond acceptors (Lipinski definition) is 3. The highest BCUT2D eigenvalue weighted by Gasteiger charge is 2.28. The van der Waals surface area contributed by atoms with E-state index in [4.69, 9.17) is 0 Å². The van der Waals surface area contributed by atoms with Crippen molar-refractivity contribution in [2.75, 3.05) is 39.8 Å². The van der Waals surface area contributed by atoms with Gasteiger partial charge in [-0.1, -0.05) is 0 Å². The highest BCUT2D eigenvalue weighted by atomic mass is 19.4. The standard InChI is InChI=1S/C12H22F3N3O/c1-18(9-12(13,14)15)7-3-6-17-11(19)10-4-2-5-16-8-10/h10,16H,2-9H2,1H3,(H,17,19). The second-order valence-electron chi connectivity index (χ2n) is 5.04. The molecule has 0 radical (unpaired) electrons. The third kappa shape index (κ3) is 7.37. The van der Waals surface area contributed by atoms with Gasteiger partial charge in [-0.25, -0.2) is 0 Å². The van der Waals surface area contributed by atoms with E-state index in [9.17, 15) is 18.0 Å². The van der Waals surface area contributed by atoms with Crippen LogP contribution >= 0.6 is 0 Å². The number of carbonyl (C=O) groups excluding carboxylic acids is 1. The van der Waals surface area contributed by atoms with Crippen LogP contribution in [0.2, 0.25) is 0 Å². The second-order valence-corrected chi connectivity index (χ2v) is 5.04. The van der Waals surface area contributed by atoms with E-state index in [0.717, 1.165) is 19.4 Å². The molecule has 1 amide bonds. The van der Waals surface area contributed by atoms with Crippen LogP contribution in [0.3, 0.4) is 0 Å². The minimum absolute atomic E-state index is 0.00153. The molecule has 1 fully saturated rings. The van der Waals surface area contributed by atoms with E-state index in [2.05, 4.69) is 10.6 Å². The molecule has 0 aromatic carbocycles. The number of nitrogens with zero attached hydrogens (tertiary/aromatic N) is 1. The van der Waals surface area contributed by atoms with Gasteiger partial charge in [0, 0.05) is 13.1 Å². The molecule has 1 saturated heterocycles. The van der Waals surface area contributed by atoms with Gasteiger partial charge >= 0.3 is 6.18 Å². The first-order chi connectivity index (χ1) is 8.88. The number of hydrogen-bond donors (Lipinski definition) is 2. The number of piperidine rings is 1. The van der Waals surface area contributed by atoms with Crippen LogP contribution in [0.4, 0.5) is 13.2 Å². The van der Waals surface area contributed by atoms with Crippen molar-refractivity contribution in [2.24, 2.45) is 5.92 Å². The molecule has 2 N–H and O–H groups in total. The fraction of sp³-hybridized carbons (Fsp3) is 0.917. The van der Waals surface area contributed by atoms with Gasteiger partial charge in [-0.3, -0.25) is 9.69 Å². The lowest BCUT2D eigenvalue weighted by Crippen LogP contribution is -2.41. The van der Waals surface area contributed by atoms with Gasteiger partial charge in [0.2, 0.25) is 5.91 Å². The molecule has 1 aliphatic rings. The van der Waals surface area contributed by atoms with Crippen LogP contribution in [0.15, 0.2) is 0 Å². The predicted octanol–water partition coefficient (Wildman–Crippen LogP) is 0.986. The average Bonchev–Trinajstić information content (AvgIpc) is 2.33. The number of carbonyl (C=O) groups is 1. The normalized spacial score (nSPS) is 20.6. The summed E-state index contributed by atoms with van der Waals surface area (Å²) in [6.45, 7) is 1.49. The molecule has 19 heavy (non-hydrogen) atoms. The van der Waals surface area contributed by atoms with Crippen LogP contribution in [-0.4, -0.2) is 56.8 Å². The predicted molar refractivity (Wildman–Crippen MR) is 66.8 cm³/mol. The smallest absolute Gasteiger partial charge is 0.356 e. The summed E-state index contributed by atoms with van der Waals surface area (Å²) in [6, 6.07) is 0. The molecular weight excluding hydrogens is 259 g/mol. The Morgan fingerprint density at radius 3 is 2.79 bits per heavy atom. The molecule has 0 saturated carbocycles. The summed E-state index contributed by atoms with van der Waals surface area (Å²) < 4.78 is 36.2. The largest absolute Gasteiger partial charge is 0.401 e. The number of halogens is 3. The molecule has 1 rings (SSSR count). The maximum atomic E-state index is 12.1. The molecule has 1 heterocycles. The fourth-order valence-corrected chi connectivity index (χ4v) is 2.17. The number of rotatable bonds is 6. The van der Waals surface area contributed by atoms with Gasteiger partial charge in [0.15, 0.2) is 0 Å². The summed E-state index contributed by atoms with van der Waals surface area (Å²) in [4.78, 5) is 12.9. The molecule has 0 bridgehead atoms. The van der Waals surface area contributed by atoms with Gasteiger partial charge in [-0.15, -0.1) is 0 Å². The summed E-state index contributed by atoms with van der Waals surface area (Å²) >= 11 is 0. The molecule has 112 valence electrons. The molecular formula is C12H22F3N3O. The van der Waals surface area contributed by atoms with E-state index in [-0.39, 0.29) is 11.8 Å². The van der Waals surface area contributed by atoms with Crippen molar-refractivity contribution >= 4 is 5.91 Å². The van der Waals surface area contributed by atoms with E-state index in [1.165, 1.54) is 11.9 Å². The topological polar surface area (TPSA) is 44.4 Å². The molecule has 7 heteroatoms. The molecule has 0 aromatic rings. The van der Waals surface area contributed by atoms with Crippen molar-refractivity contribution in [2.45, 2.75) is 25.4 Å². The number of nitrogens with one attached hydrogen (secondary N) is 2. The number of amides is 1. The van der Waals surface area contributed by atoms with Gasteiger partial charge in [0.25, 0.3) is 0 Å². The lowest BCUT2D eigenvalue weighted by atomic mass is 9.99. The van der Waals surface area contributed by atoms with E-state index in [1.54, 1.807) is 0 Å². The first-order valence-electron chi connectivity index (χ1n) is 6.62. The lowest BCUT2D eigenvalue weighted by molar-refractivity contribution is -0.143. The van der Waals surface area contributed by atoms with Gasteiger partial charge in [0.05, 0.1) is 12.5 Å². The Kier molecular flexibility index (Phi) is 6.57. The van der Waals surface area contributed by atoms with Crippen molar-refractivity contribution < 1.29 is 18.0 Å². The Hall–Kier alpha value is -0.820. The van der Waals surface area contributed by atoms with E-state index in [0.29, 0.717) is 26.1 Å². The zero-order chi connectivity index (χ0) is 14.3. The van der Waals surface area contributed by atoms with E-state index in [1.807, 2.05) is 0 Å². The molecule has 0 spiro atoms. The van der Waals surface area contributed by atoms with Gasteiger partial charge in [-0.05, 0) is 39.4 Å². The summed E-state index contributed by atoms with van der Waals surface area (Å²) in [5.74, 6) is 0.00679. The van der Waals surface area contributed by atoms with Crippen LogP contribution < -0.4 is 10.6 Å². The van der Waals surface area contributed by atoms with Crippen molar-refractivity contribution in [3.8, 4) is 0 Å². The van der Waals surface area contributed by atoms with Gasteiger partial charge in [0.1, 0.15) is 0 Å². The molecule has 4 nitrogen and oxygen atoms in total. The Morgan fingerprint density at radius 2 is 2.21 bits per heavy atom. The average molecular weight is 281 g/mol. The summed E-state index contributed by atoms with van der Waals surface area (Å²) in [5.41, 5.74) is 0. The van der Waals surface area contributed by atoms with Crippen LogP contribution in [0.25, 0.3) is 0 Å². The van der Waals surface area contributed by atoms with Gasteiger partial charge < -0.3 is 10.6 Å². The molecule has 1 unspecified atom stereocenters. The maximum Gasteiger partial charge on any atom is 0.401 e. The number of alkyl halides is 3. The monoisotopic (exact) mass is 281 g/mol. The first kappa shape index (κ1) is 16.2. The molecule has 1 aliphatic heterocycles. The van der Waals surface area contributed by atoms with Gasteiger partial charge in [-0.2, -0.15) is 13.2 Å². The Balaban J connectivity index is 2.08. The minimum Gasteiger partial charge on any atom is -0.356 e. The Bertz CT molecular complexity index is 278. The third-order valence-corrected chi connectivity index (χ3v) is 3.13. The SMILES string of the molecule is CN(CCCNC(=O)C1CCCNC1)CC(F)(F)F. The van der Waals surface area contributed by atoms with Crippen molar-refractivity contribution in [1.29, 1.82) is 0 Å². The third-order valence-electron chi connectivity index (χ3n) is 3.13. The fourth-order valence-electron chi connectivity index (χ4n) is 2.17. The minimum atomic E-state index is -4.16. The second kappa shape index (κ2) is 7.69. The quantitative estimate of drug-likeness (QED) is 0.714. The van der Waals surface area contributed by atoms with E-state index >= 15 is 0 Å². The zero-order valence-corrected chi connectivity index (χ0v) is 11.2. The van der Waals surface area contributed by atoms with Crippen LogP contribution in [0.1, 0.15) is 19.3 Å². The molecule has 0 aliphatic carbocycles. The summed E-state index contributed by atoms with van der Waals surface area (Å²) in [6.07, 6.45) is -1.76. The summed E-state index contributed by atoms with van der Waals surface area (Å²) in [5, 5.41) is 5.94. The Labute approximate surface area is 111 Å². The van der Waals surface area contributed by atoms with Crippen LogP contribution in [-0.2, 0) is 4.79 Å². The molecule has 0 aromatic heterocycles. The van der Waals surface area contributed by atoms with Crippen LogP contribution in [0.5, 0.6) is 0 Å². The van der Waals surface area contributed by atoms with Crippen molar-refractivity contribution in [3.05, 3.63) is 0 Å². The summed E-state index contributed by atoms with van der Waals surface area (Å²) in [7, 11) is 1.43. The lowest BCUT2D eigenvalue weighted by Gasteiger charge is -2.22. The molecule has 1 atom stereocenters. The maximum absolute atomic E-state index is 12.1. The van der Waals surface area contributed by atoms with Crippen molar-refractivity contribution in [3.63, 3.8) is 0 Å². The highest BCUT2D eigenvalue weighted by Crippen LogP contribution is 2.15. The first-order valence-corrected chi connectivity index (χ1v) is 6.62. The highest BCUT2D eigenvalue weighted by molar-refractivity contribution is 5.78. The zero-order valence-electron chi connectivity index (χ0n) is 11.2. The van der Waals surface area contributed by atoms with Crippen molar-refractivity contribution in [1.82, 2.24) is 15.5 Å².